The van der Waals surface area contributed by atoms with Crippen LogP contribution in [0.1, 0.15) is 15.9 Å². The monoisotopic (exact) mass is 368 g/mol. The zero-order valence-electron chi connectivity index (χ0n) is 14.6. The van der Waals surface area contributed by atoms with Crippen LogP contribution in [0.3, 0.4) is 0 Å². The van der Waals surface area contributed by atoms with Crippen LogP contribution in [-0.4, -0.2) is 43.0 Å². The Balaban J connectivity index is 1.60. The average Bonchev–Trinajstić information content (AvgIpc) is 3.20. The van der Waals surface area contributed by atoms with Gasteiger partial charge in [-0.3, -0.25) is 9.79 Å². The molecule has 5 nitrogen and oxygen atoms in total. The Morgan fingerprint density at radius 1 is 1.15 bits per heavy atom. The zero-order valence-corrected chi connectivity index (χ0v) is 15.4. The fraction of sp³-hybridized carbons (Fsp3) is 0.300. The summed E-state index contributed by atoms with van der Waals surface area (Å²) in [6.07, 6.45) is 0. The molecule has 4 rings (SSSR count). The van der Waals surface area contributed by atoms with Gasteiger partial charge >= 0.3 is 0 Å². The number of hydrogen-bond donors (Lipinski definition) is 0. The maximum atomic E-state index is 13.0. The number of aryl methyl sites for hydroxylation is 1. The number of ether oxygens (including phenoxy) is 2. The van der Waals surface area contributed by atoms with Crippen LogP contribution in [0.2, 0.25) is 0 Å². The molecule has 6 heteroatoms. The van der Waals surface area contributed by atoms with Crippen molar-refractivity contribution in [3.63, 3.8) is 0 Å². The van der Waals surface area contributed by atoms with Crippen LogP contribution in [0.5, 0.6) is 11.5 Å². The number of carbonyl (C=O) groups is 1. The molecule has 2 aromatic rings. The molecule has 2 aliphatic heterocycles. The molecule has 2 aromatic carbocycles. The number of nitrogens with zero attached hydrogens (tertiary/aromatic N) is 2. The van der Waals surface area contributed by atoms with E-state index in [2.05, 4.69) is 11.1 Å². The number of aliphatic imine (C=N–C) groups is 1. The van der Waals surface area contributed by atoms with E-state index in [0.29, 0.717) is 30.3 Å². The van der Waals surface area contributed by atoms with Crippen molar-refractivity contribution in [3.8, 4) is 11.5 Å². The minimum absolute atomic E-state index is 0.0266. The third kappa shape index (κ3) is 3.55. The molecular weight excluding hydrogens is 348 g/mol. The van der Waals surface area contributed by atoms with Crippen molar-refractivity contribution in [2.75, 3.05) is 37.0 Å². The first kappa shape index (κ1) is 17.0. The van der Waals surface area contributed by atoms with Crippen LogP contribution >= 0.6 is 11.8 Å². The summed E-state index contributed by atoms with van der Waals surface area (Å²) in [6, 6.07) is 13.5. The molecule has 0 radical (unpaired) electrons. The Morgan fingerprint density at radius 3 is 2.77 bits per heavy atom. The summed E-state index contributed by atoms with van der Waals surface area (Å²) in [5.74, 6) is 2.31. The number of rotatable bonds is 4. The van der Waals surface area contributed by atoms with Gasteiger partial charge in [0.1, 0.15) is 13.2 Å². The molecule has 0 N–H and O–H groups in total. The Bertz CT molecular complexity index is 866. The minimum Gasteiger partial charge on any atom is -0.486 e. The Labute approximate surface area is 157 Å². The van der Waals surface area contributed by atoms with Gasteiger partial charge in [0.05, 0.1) is 13.1 Å². The zero-order chi connectivity index (χ0) is 17.9. The van der Waals surface area contributed by atoms with Gasteiger partial charge in [0.15, 0.2) is 22.4 Å². The van der Waals surface area contributed by atoms with Gasteiger partial charge in [-0.15, -0.1) is 0 Å². The first-order valence-corrected chi connectivity index (χ1v) is 9.63. The summed E-state index contributed by atoms with van der Waals surface area (Å²) in [5, 5.41) is 0.904. The molecule has 0 amide bonds. The van der Waals surface area contributed by atoms with Gasteiger partial charge in [-0.2, -0.15) is 0 Å². The molecule has 26 heavy (non-hydrogen) atoms. The fourth-order valence-electron chi connectivity index (χ4n) is 3.00. The van der Waals surface area contributed by atoms with Gasteiger partial charge in [0, 0.05) is 17.0 Å². The summed E-state index contributed by atoms with van der Waals surface area (Å²) in [6.45, 7) is 4.13. The van der Waals surface area contributed by atoms with E-state index in [1.807, 2.05) is 30.0 Å². The Morgan fingerprint density at radius 2 is 2.00 bits per heavy atom. The SMILES string of the molecule is Cc1cccc(N(CC(=O)c2ccc3c(c2)OCCO3)C2=NCCS2)c1. The van der Waals surface area contributed by atoms with E-state index in [-0.39, 0.29) is 12.3 Å². The number of hydrogen-bond acceptors (Lipinski definition) is 6. The minimum atomic E-state index is 0.0266. The number of thioether (sulfide) groups is 1. The third-order valence-electron chi connectivity index (χ3n) is 4.28. The number of ketones is 1. The van der Waals surface area contributed by atoms with Gasteiger partial charge in [-0.05, 0) is 42.8 Å². The number of Topliss-reactive ketones (excluding diaryl/α,β-unsaturated/α-hetero) is 1. The highest BCUT2D eigenvalue weighted by atomic mass is 32.2. The second-order valence-corrected chi connectivity index (χ2v) is 7.28. The lowest BCUT2D eigenvalue weighted by Crippen LogP contribution is -2.33. The molecule has 0 spiro atoms. The molecule has 0 unspecified atom stereocenters. The summed E-state index contributed by atoms with van der Waals surface area (Å²) in [4.78, 5) is 19.5. The molecule has 0 saturated carbocycles. The van der Waals surface area contributed by atoms with E-state index in [9.17, 15) is 4.79 Å². The van der Waals surface area contributed by atoms with Crippen molar-refractivity contribution in [1.29, 1.82) is 0 Å². The summed E-state index contributed by atoms with van der Waals surface area (Å²) in [5.41, 5.74) is 2.77. The molecule has 0 atom stereocenters. The molecule has 0 aromatic heterocycles. The van der Waals surface area contributed by atoms with E-state index < -0.39 is 0 Å². The summed E-state index contributed by atoms with van der Waals surface area (Å²) in [7, 11) is 0. The normalized spacial score (nSPS) is 15.5. The predicted molar refractivity (Wildman–Crippen MR) is 105 cm³/mol. The number of benzene rings is 2. The number of amidine groups is 1. The first-order valence-electron chi connectivity index (χ1n) is 8.65. The van der Waals surface area contributed by atoms with E-state index >= 15 is 0 Å². The second-order valence-electron chi connectivity index (χ2n) is 6.22. The van der Waals surface area contributed by atoms with Crippen LogP contribution in [0.25, 0.3) is 0 Å². The molecule has 0 aliphatic carbocycles. The number of fused-ring (bicyclic) bond motifs is 1. The maximum absolute atomic E-state index is 13.0. The molecule has 134 valence electrons. The Hall–Kier alpha value is -2.47. The highest BCUT2D eigenvalue weighted by molar-refractivity contribution is 8.14. The van der Waals surface area contributed by atoms with Crippen LogP contribution < -0.4 is 14.4 Å². The van der Waals surface area contributed by atoms with Gasteiger partial charge in [0.25, 0.3) is 0 Å². The molecule has 2 aliphatic rings. The Kier molecular flexibility index (Phi) is 4.84. The smallest absolute Gasteiger partial charge is 0.182 e. The third-order valence-corrected chi connectivity index (χ3v) is 5.27. The topological polar surface area (TPSA) is 51.1 Å². The molecule has 2 heterocycles. The van der Waals surface area contributed by atoms with Crippen LogP contribution in [0.15, 0.2) is 47.5 Å². The molecular formula is C20H20N2O3S. The maximum Gasteiger partial charge on any atom is 0.182 e. The fourth-order valence-corrected chi connectivity index (χ4v) is 3.88. The molecule has 0 saturated heterocycles. The summed E-state index contributed by atoms with van der Waals surface area (Å²) >= 11 is 1.69. The van der Waals surface area contributed by atoms with E-state index in [1.165, 1.54) is 0 Å². The average molecular weight is 368 g/mol. The van der Waals surface area contributed by atoms with E-state index in [0.717, 1.165) is 28.7 Å². The van der Waals surface area contributed by atoms with Crippen molar-refractivity contribution >= 4 is 28.4 Å². The van der Waals surface area contributed by atoms with Crippen molar-refractivity contribution < 1.29 is 14.3 Å². The second kappa shape index (κ2) is 7.41. The summed E-state index contributed by atoms with van der Waals surface area (Å²) < 4.78 is 11.1. The standard InChI is InChI=1S/C20H20N2O3S/c1-14-3-2-4-16(11-14)22(20-21-7-10-26-20)13-17(23)15-5-6-18-19(12-15)25-9-8-24-18/h2-6,11-12H,7-10,13H2,1H3. The quantitative estimate of drug-likeness (QED) is 0.773. The molecule has 0 bridgehead atoms. The lowest BCUT2D eigenvalue weighted by molar-refractivity contribution is 0.100. The van der Waals surface area contributed by atoms with Crippen LogP contribution in [-0.2, 0) is 0 Å². The highest BCUT2D eigenvalue weighted by Gasteiger charge is 2.22. The van der Waals surface area contributed by atoms with Gasteiger partial charge in [-0.25, -0.2) is 0 Å². The van der Waals surface area contributed by atoms with Crippen molar-refractivity contribution in [2.24, 2.45) is 4.99 Å². The number of anilines is 1. The van der Waals surface area contributed by atoms with Crippen LogP contribution in [0.4, 0.5) is 5.69 Å². The van der Waals surface area contributed by atoms with Gasteiger partial charge in [-0.1, -0.05) is 23.9 Å². The lowest BCUT2D eigenvalue weighted by Gasteiger charge is -2.24. The van der Waals surface area contributed by atoms with E-state index in [4.69, 9.17) is 9.47 Å². The lowest BCUT2D eigenvalue weighted by atomic mass is 10.1. The van der Waals surface area contributed by atoms with E-state index in [1.54, 1.807) is 30.0 Å². The largest absolute Gasteiger partial charge is 0.486 e. The highest BCUT2D eigenvalue weighted by Crippen LogP contribution is 2.31. The van der Waals surface area contributed by atoms with Crippen molar-refractivity contribution in [3.05, 3.63) is 53.6 Å². The van der Waals surface area contributed by atoms with Crippen molar-refractivity contribution in [2.45, 2.75) is 6.92 Å². The number of carbonyl (C=O) groups excluding carboxylic acids is 1. The predicted octanol–water partition coefficient (Wildman–Crippen LogP) is 3.56. The molecule has 0 fully saturated rings. The first-order chi connectivity index (χ1) is 12.7. The van der Waals surface area contributed by atoms with Crippen molar-refractivity contribution in [1.82, 2.24) is 0 Å². The van der Waals surface area contributed by atoms with Crippen LogP contribution in [0, 0.1) is 6.92 Å². The van der Waals surface area contributed by atoms with Gasteiger partial charge in [0.2, 0.25) is 0 Å². The van der Waals surface area contributed by atoms with Gasteiger partial charge < -0.3 is 14.4 Å².